The molecule has 1 aliphatic heterocycles. The van der Waals surface area contributed by atoms with Crippen molar-refractivity contribution >= 4 is 28.9 Å². The van der Waals surface area contributed by atoms with Gasteiger partial charge in [-0.25, -0.2) is 9.78 Å². The number of hydrogen-bond acceptors (Lipinski definition) is 5. The number of nitrogens with zero attached hydrogens (tertiary/aromatic N) is 2. The van der Waals surface area contributed by atoms with E-state index in [0.717, 1.165) is 67.0 Å². The van der Waals surface area contributed by atoms with Crippen molar-refractivity contribution in [1.82, 2.24) is 4.98 Å². The molecule has 2 aromatic carbocycles. The highest BCUT2D eigenvalue weighted by molar-refractivity contribution is 6.00. The number of aryl methyl sites for hydroxylation is 1. The second-order valence-corrected chi connectivity index (χ2v) is 9.90. The van der Waals surface area contributed by atoms with E-state index in [2.05, 4.69) is 53.2 Å². The third-order valence-corrected chi connectivity index (χ3v) is 7.52. The van der Waals surface area contributed by atoms with E-state index in [1.165, 1.54) is 29.3 Å². The minimum atomic E-state index is -0.954. The van der Waals surface area contributed by atoms with Crippen LogP contribution in [0.1, 0.15) is 47.1 Å². The molecule has 196 valence electrons. The lowest BCUT2D eigenvalue weighted by Gasteiger charge is -2.32. The third kappa shape index (κ3) is 5.65. The Kier molecular flexibility index (Phi) is 7.89. The van der Waals surface area contributed by atoms with Crippen molar-refractivity contribution in [3.8, 4) is 5.88 Å². The quantitative estimate of drug-likeness (QED) is 0.370. The first-order valence-corrected chi connectivity index (χ1v) is 13.2. The molecule has 2 heterocycles. The van der Waals surface area contributed by atoms with E-state index in [-0.39, 0.29) is 0 Å². The molecule has 0 bridgehead atoms. The van der Waals surface area contributed by atoms with E-state index in [9.17, 15) is 4.79 Å². The lowest BCUT2D eigenvalue weighted by atomic mass is 9.72. The highest BCUT2D eigenvalue weighted by Gasteiger charge is 2.28. The topological polar surface area (TPSA) is 71.9 Å². The number of aliphatic carboxylic acids is 1. The van der Waals surface area contributed by atoms with Gasteiger partial charge in [0.15, 0.2) is 0 Å². The maximum atomic E-state index is 11.0. The first-order chi connectivity index (χ1) is 18.5. The largest absolute Gasteiger partial charge is 0.481 e. The number of pyridine rings is 1. The van der Waals surface area contributed by atoms with Gasteiger partial charge in [0.25, 0.3) is 0 Å². The monoisotopic (exact) mass is 510 g/mol. The summed E-state index contributed by atoms with van der Waals surface area (Å²) in [6.45, 7) is 5.43. The summed E-state index contributed by atoms with van der Waals surface area (Å²) in [6.07, 6.45) is 8.26. The van der Waals surface area contributed by atoms with E-state index in [0.29, 0.717) is 11.8 Å². The van der Waals surface area contributed by atoms with E-state index >= 15 is 0 Å². The van der Waals surface area contributed by atoms with E-state index < -0.39 is 5.97 Å². The molecule has 0 atom stereocenters. The number of benzene rings is 2. The molecule has 1 aromatic heterocycles. The lowest BCUT2D eigenvalue weighted by Crippen LogP contribution is -2.36. The van der Waals surface area contributed by atoms with Gasteiger partial charge in [0.2, 0.25) is 5.88 Å². The lowest BCUT2D eigenvalue weighted by molar-refractivity contribution is -0.131. The first kappa shape index (κ1) is 25.7. The standard InChI is InChI=1S/C32H34N2O4/c1-22-20-29(37-2)33-21-28(22)32(24-4-3-5-24)31(25-9-6-23(7-10-25)8-15-30(35)36)26-11-13-27(14-12-26)34-16-18-38-19-17-34/h6-15,20-21,24H,3-5,16-19H2,1-2H3,(H,35,36). The van der Waals surface area contributed by atoms with Gasteiger partial charge in [-0.15, -0.1) is 0 Å². The summed E-state index contributed by atoms with van der Waals surface area (Å²) >= 11 is 0. The molecule has 1 saturated carbocycles. The molecule has 0 spiro atoms. The van der Waals surface area contributed by atoms with Gasteiger partial charge in [0.1, 0.15) is 0 Å². The molecule has 6 nitrogen and oxygen atoms in total. The normalized spacial score (nSPS) is 16.7. The highest BCUT2D eigenvalue weighted by atomic mass is 16.5. The number of hydrogen-bond donors (Lipinski definition) is 1. The fraction of sp³-hybridized carbons (Fsp3) is 0.312. The Morgan fingerprint density at radius 3 is 2.26 bits per heavy atom. The Bertz CT molecular complexity index is 1330. The third-order valence-electron chi connectivity index (χ3n) is 7.52. The Morgan fingerprint density at radius 2 is 1.71 bits per heavy atom. The summed E-state index contributed by atoms with van der Waals surface area (Å²) in [4.78, 5) is 17.9. The maximum Gasteiger partial charge on any atom is 0.328 e. The maximum absolute atomic E-state index is 11.0. The molecular formula is C32H34N2O4. The second kappa shape index (κ2) is 11.7. The highest BCUT2D eigenvalue weighted by Crippen LogP contribution is 2.46. The van der Waals surface area contributed by atoms with Gasteiger partial charge in [0.05, 0.1) is 20.3 Å². The number of morpholine rings is 1. The number of carboxylic acid groups (broad SMARTS) is 1. The van der Waals surface area contributed by atoms with E-state index in [1.807, 2.05) is 24.4 Å². The molecule has 0 unspecified atom stereocenters. The minimum absolute atomic E-state index is 0.449. The average Bonchev–Trinajstić information content (AvgIpc) is 2.92. The van der Waals surface area contributed by atoms with Crippen LogP contribution in [0.15, 0.2) is 66.9 Å². The average molecular weight is 511 g/mol. The van der Waals surface area contributed by atoms with Crippen molar-refractivity contribution in [2.75, 3.05) is 38.3 Å². The van der Waals surface area contributed by atoms with Crippen LogP contribution in [0.25, 0.3) is 17.2 Å². The molecule has 1 N–H and O–H groups in total. The molecule has 1 aliphatic carbocycles. The summed E-state index contributed by atoms with van der Waals surface area (Å²) in [7, 11) is 1.64. The van der Waals surface area contributed by atoms with Crippen LogP contribution in [-0.2, 0) is 9.53 Å². The fourth-order valence-corrected chi connectivity index (χ4v) is 5.25. The van der Waals surface area contributed by atoms with Crippen LogP contribution in [0.4, 0.5) is 5.69 Å². The number of aromatic nitrogens is 1. The number of allylic oxidation sites excluding steroid dienone is 1. The first-order valence-electron chi connectivity index (χ1n) is 13.2. The van der Waals surface area contributed by atoms with Crippen molar-refractivity contribution in [1.29, 1.82) is 0 Å². The SMILES string of the molecule is COc1cc(C)c(C(=C(c2ccc(C=CC(=O)O)cc2)c2ccc(N3CCOCC3)cc2)C2CCC2)cn1. The van der Waals surface area contributed by atoms with Gasteiger partial charge in [-0.1, -0.05) is 42.8 Å². The predicted molar refractivity (Wildman–Crippen MR) is 151 cm³/mol. The molecule has 1 saturated heterocycles. The summed E-state index contributed by atoms with van der Waals surface area (Å²) in [6, 6.07) is 19.0. The van der Waals surface area contributed by atoms with Gasteiger partial charge in [-0.2, -0.15) is 0 Å². The van der Waals surface area contributed by atoms with Gasteiger partial charge in [-0.3, -0.25) is 0 Å². The van der Waals surface area contributed by atoms with E-state index in [1.54, 1.807) is 13.2 Å². The minimum Gasteiger partial charge on any atom is -0.481 e. The van der Waals surface area contributed by atoms with Gasteiger partial charge in [-0.05, 0) is 77.3 Å². The van der Waals surface area contributed by atoms with Gasteiger partial charge in [0, 0.05) is 42.7 Å². The zero-order chi connectivity index (χ0) is 26.5. The Morgan fingerprint density at radius 1 is 1.05 bits per heavy atom. The van der Waals surface area contributed by atoms with Crippen molar-refractivity contribution in [2.45, 2.75) is 26.2 Å². The Labute approximate surface area is 224 Å². The number of carbonyl (C=O) groups is 1. The summed E-state index contributed by atoms with van der Waals surface area (Å²) in [5, 5.41) is 9.02. The fourth-order valence-electron chi connectivity index (χ4n) is 5.25. The zero-order valence-corrected chi connectivity index (χ0v) is 22.0. The predicted octanol–water partition coefficient (Wildman–Crippen LogP) is 6.09. The number of rotatable bonds is 8. The van der Waals surface area contributed by atoms with Crippen LogP contribution < -0.4 is 9.64 Å². The van der Waals surface area contributed by atoms with Crippen LogP contribution in [0.2, 0.25) is 0 Å². The van der Waals surface area contributed by atoms with Gasteiger partial charge >= 0.3 is 5.97 Å². The Hall–Kier alpha value is -3.90. The molecule has 2 fully saturated rings. The van der Waals surface area contributed by atoms with Crippen LogP contribution in [0, 0.1) is 12.8 Å². The van der Waals surface area contributed by atoms with E-state index in [4.69, 9.17) is 14.6 Å². The molecular weight excluding hydrogens is 476 g/mol. The van der Waals surface area contributed by atoms with Crippen molar-refractivity contribution in [2.24, 2.45) is 5.92 Å². The number of carboxylic acids is 1. The molecule has 38 heavy (non-hydrogen) atoms. The van der Waals surface area contributed by atoms with Gasteiger partial charge < -0.3 is 19.5 Å². The summed E-state index contributed by atoms with van der Waals surface area (Å²) < 4.78 is 10.9. The Balaban J connectivity index is 1.64. The molecule has 5 rings (SSSR count). The zero-order valence-electron chi connectivity index (χ0n) is 22.0. The molecule has 2 aliphatic rings. The van der Waals surface area contributed by atoms with Crippen LogP contribution >= 0.6 is 0 Å². The van der Waals surface area contributed by atoms with Crippen LogP contribution in [0.5, 0.6) is 5.88 Å². The van der Waals surface area contributed by atoms with Crippen molar-refractivity contribution in [3.05, 3.63) is 94.7 Å². The molecule has 0 radical (unpaired) electrons. The number of ether oxygens (including phenoxy) is 2. The second-order valence-electron chi connectivity index (χ2n) is 9.90. The van der Waals surface area contributed by atoms with Crippen molar-refractivity contribution < 1.29 is 19.4 Å². The summed E-state index contributed by atoms with van der Waals surface area (Å²) in [5.74, 6) is 0.111. The summed E-state index contributed by atoms with van der Waals surface area (Å²) in [5.41, 5.74) is 9.13. The number of methoxy groups -OCH3 is 1. The molecule has 0 amide bonds. The molecule has 6 heteroatoms. The molecule has 3 aromatic rings. The van der Waals surface area contributed by atoms with Crippen LogP contribution in [0.3, 0.4) is 0 Å². The smallest absolute Gasteiger partial charge is 0.328 e. The van der Waals surface area contributed by atoms with Crippen molar-refractivity contribution in [3.63, 3.8) is 0 Å². The van der Waals surface area contributed by atoms with Crippen LogP contribution in [-0.4, -0.2) is 49.5 Å². The number of anilines is 1.